The highest BCUT2D eigenvalue weighted by molar-refractivity contribution is 5.23. The summed E-state index contributed by atoms with van der Waals surface area (Å²) in [6.45, 7) is 1.33. The number of rotatable bonds is 6. The van der Waals surface area contributed by atoms with Crippen molar-refractivity contribution in [1.82, 2.24) is 10.2 Å². The molecule has 0 bridgehead atoms. The van der Waals surface area contributed by atoms with Crippen molar-refractivity contribution in [3.63, 3.8) is 0 Å². The second-order valence-electron chi connectivity index (χ2n) is 4.45. The van der Waals surface area contributed by atoms with E-state index < -0.39 is 12.6 Å². The fourth-order valence-electron chi connectivity index (χ4n) is 1.75. The molecule has 0 radical (unpaired) electrons. The summed E-state index contributed by atoms with van der Waals surface area (Å²) >= 11 is 0. The van der Waals surface area contributed by atoms with Crippen molar-refractivity contribution in [3.8, 4) is 0 Å². The molecule has 0 fully saturated rings. The largest absolute Gasteiger partial charge is 0.390 e. The SMILES string of the molecule is CNCc1cccc(CN(C)CCC(F)(F)F)c1. The van der Waals surface area contributed by atoms with Crippen LogP contribution in [-0.2, 0) is 13.1 Å². The topological polar surface area (TPSA) is 15.3 Å². The van der Waals surface area contributed by atoms with Crippen LogP contribution in [0, 0.1) is 0 Å². The molecule has 0 spiro atoms. The van der Waals surface area contributed by atoms with Crippen LogP contribution in [-0.4, -0.2) is 31.7 Å². The molecule has 1 N–H and O–H groups in total. The average molecular weight is 260 g/mol. The molecule has 0 heterocycles. The van der Waals surface area contributed by atoms with Crippen LogP contribution in [0.15, 0.2) is 24.3 Å². The summed E-state index contributed by atoms with van der Waals surface area (Å²) in [7, 11) is 3.57. The van der Waals surface area contributed by atoms with Crippen LogP contribution in [0.5, 0.6) is 0 Å². The van der Waals surface area contributed by atoms with Crippen LogP contribution < -0.4 is 5.32 Å². The fourth-order valence-corrected chi connectivity index (χ4v) is 1.75. The van der Waals surface area contributed by atoms with Gasteiger partial charge in [-0.2, -0.15) is 13.2 Å². The van der Waals surface area contributed by atoms with E-state index in [0.29, 0.717) is 6.54 Å². The van der Waals surface area contributed by atoms with Gasteiger partial charge in [0, 0.05) is 19.6 Å². The van der Waals surface area contributed by atoms with Crippen LogP contribution in [0.2, 0.25) is 0 Å². The molecule has 0 atom stereocenters. The van der Waals surface area contributed by atoms with E-state index in [-0.39, 0.29) is 6.54 Å². The lowest BCUT2D eigenvalue weighted by molar-refractivity contribution is -0.137. The number of alkyl halides is 3. The summed E-state index contributed by atoms with van der Waals surface area (Å²) in [5.74, 6) is 0. The Labute approximate surface area is 106 Å². The molecule has 5 heteroatoms. The molecule has 0 saturated heterocycles. The molecule has 18 heavy (non-hydrogen) atoms. The summed E-state index contributed by atoms with van der Waals surface area (Å²) in [6.07, 6.45) is -4.85. The Bertz CT molecular complexity index is 363. The zero-order chi connectivity index (χ0) is 13.6. The van der Waals surface area contributed by atoms with E-state index in [1.165, 1.54) is 0 Å². The van der Waals surface area contributed by atoms with Crippen LogP contribution in [0.4, 0.5) is 13.2 Å². The van der Waals surface area contributed by atoms with Gasteiger partial charge in [0.15, 0.2) is 0 Å². The first kappa shape index (κ1) is 15.0. The Hall–Kier alpha value is -1.07. The number of hydrogen-bond acceptors (Lipinski definition) is 2. The van der Waals surface area contributed by atoms with Crippen LogP contribution in [0.3, 0.4) is 0 Å². The van der Waals surface area contributed by atoms with Gasteiger partial charge in [-0.15, -0.1) is 0 Å². The smallest absolute Gasteiger partial charge is 0.316 e. The Morgan fingerprint density at radius 3 is 2.50 bits per heavy atom. The normalized spacial score (nSPS) is 12.1. The number of halogens is 3. The Kier molecular flexibility index (Phi) is 5.62. The van der Waals surface area contributed by atoms with E-state index in [4.69, 9.17) is 0 Å². The first-order chi connectivity index (χ1) is 8.40. The first-order valence-corrected chi connectivity index (χ1v) is 5.88. The van der Waals surface area contributed by atoms with E-state index in [0.717, 1.165) is 17.7 Å². The molecule has 0 saturated carbocycles. The highest BCUT2D eigenvalue weighted by Gasteiger charge is 2.26. The molecule has 1 aromatic rings. The van der Waals surface area contributed by atoms with Crippen molar-refractivity contribution in [2.24, 2.45) is 0 Å². The van der Waals surface area contributed by atoms with E-state index in [1.807, 2.05) is 31.3 Å². The lowest BCUT2D eigenvalue weighted by atomic mass is 10.1. The van der Waals surface area contributed by atoms with Gasteiger partial charge in [-0.3, -0.25) is 0 Å². The van der Waals surface area contributed by atoms with Crippen molar-refractivity contribution < 1.29 is 13.2 Å². The molecule has 102 valence electrons. The number of nitrogens with zero attached hydrogens (tertiary/aromatic N) is 1. The van der Waals surface area contributed by atoms with Crippen molar-refractivity contribution in [2.45, 2.75) is 25.7 Å². The summed E-state index contributed by atoms with van der Waals surface area (Å²) in [5, 5.41) is 3.05. The maximum atomic E-state index is 12.1. The third kappa shape index (κ3) is 6.02. The van der Waals surface area contributed by atoms with Crippen molar-refractivity contribution >= 4 is 0 Å². The Morgan fingerprint density at radius 1 is 1.22 bits per heavy atom. The monoisotopic (exact) mass is 260 g/mol. The quantitative estimate of drug-likeness (QED) is 0.846. The molecular weight excluding hydrogens is 241 g/mol. The van der Waals surface area contributed by atoms with Crippen LogP contribution >= 0.6 is 0 Å². The molecule has 0 aliphatic rings. The minimum Gasteiger partial charge on any atom is -0.316 e. The average Bonchev–Trinajstić information content (AvgIpc) is 2.26. The summed E-state index contributed by atoms with van der Waals surface area (Å²) < 4.78 is 36.3. The van der Waals surface area contributed by atoms with Gasteiger partial charge >= 0.3 is 6.18 Å². The second-order valence-corrected chi connectivity index (χ2v) is 4.45. The third-order valence-corrected chi connectivity index (χ3v) is 2.60. The van der Waals surface area contributed by atoms with Gasteiger partial charge in [-0.1, -0.05) is 24.3 Å². The van der Waals surface area contributed by atoms with Gasteiger partial charge in [0.05, 0.1) is 6.42 Å². The molecule has 0 aliphatic heterocycles. The molecular formula is C13H19F3N2. The summed E-state index contributed by atoms with van der Waals surface area (Å²) in [5.41, 5.74) is 2.17. The van der Waals surface area contributed by atoms with Gasteiger partial charge < -0.3 is 10.2 Å². The van der Waals surface area contributed by atoms with Crippen LogP contribution in [0.1, 0.15) is 17.5 Å². The summed E-state index contributed by atoms with van der Waals surface area (Å²) in [4.78, 5) is 1.69. The standard InChI is InChI=1S/C13H19F3N2/c1-17-9-11-4-3-5-12(8-11)10-18(2)7-6-13(14,15)16/h3-5,8,17H,6-7,9-10H2,1-2H3. The summed E-state index contributed by atoms with van der Waals surface area (Å²) in [6, 6.07) is 7.87. The molecule has 0 unspecified atom stereocenters. The lowest BCUT2D eigenvalue weighted by Gasteiger charge is -2.18. The molecule has 0 aromatic heterocycles. The van der Waals surface area contributed by atoms with Gasteiger partial charge in [0.1, 0.15) is 0 Å². The Morgan fingerprint density at radius 2 is 1.89 bits per heavy atom. The minimum absolute atomic E-state index is 0.0275. The minimum atomic E-state index is -4.08. The zero-order valence-electron chi connectivity index (χ0n) is 10.7. The van der Waals surface area contributed by atoms with Gasteiger partial charge in [0.2, 0.25) is 0 Å². The molecule has 0 amide bonds. The number of hydrogen-bond donors (Lipinski definition) is 1. The van der Waals surface area contributed by atoms with Crippen LogP contribution in [0.25, 0.3) is 0 Å². The maximum Gasteiger partial charge on any atom is 0.390 e. The lowest BCUT2D eigenvalue weighted by Crippen LogP contribution is -2.24. The first-order valence-electron chi connectivity index (χ1n) is 5.88. The Balaban J connectivity index is 2.48. The maximum absolute atomic E-state index is 12.1. The van der Waals surface area contributed by atoms with E-state index in [9.17, 15) is 13.2 Å². The number of benzene rings is 1. The molecule has 2 nitrogen and oxygen atoms in total. The highest BCUT2D eigenvalue weighted by atomic mass is 19.4. The second kappa shape index (κ2) is 6.75. The van der Waals surface area contributed by atoms with E-state index >= 15 is 0 Å². The van der Waals surface area contributed by atoms with Gasteiger partial charge in [-0.25, -0.2) is 0 Å². The number of nitrogens with one attached hydrogen (secondary N) is 1. The van der Waals surface area contributed by atoms with Crippen molar-refractivity contribution in [2.75, 3.05) is 20.6 Å². The molecule has 1 rings (SSSR count). The third-order valence-electron chi connectivity index (χ3n) is 2.60. The van der Waals surface area contributed by atoms with E-state index in [1.54, 1.807) is 11.9 Å². The predicted molar refractivity (Wildman–Crippen MR) is 66.2 cm³/mol. The van der Waals surface area contributed by atoms with Crippen molar-refractivity contribution in [3.05, 3.63) is 35.4 Å². The van der Waals surface area contributed by atoms with Gasteiger partial charge in [0.25, 0.3) is 0 Å². The van der Waals surface area contributed by atoms with Gasteiger partial charge in [-0.05, 0) is 25.2 Å². The molecule has 0 aliphatic carbocycles. The van der Waals surface area contributed by atoms with Crippen molar-refractivity contribution in [1.29, 1.82) is 0 Å². The van der Waals surface area contributed by atoms with E-state index in [2.05, 4.69) is 5.32 Å². The fraction of sp³-hybridized carbons (Fsp3) is 0.538. The molecule has 1 aromatic carbocycles. The highest BCUT2D eigenvalue weighted by Crippen LogP contribution is 2.20. The zero-order valence-corrected chi connectivity index (χ0v) is 10.7. The predicted octanol–water partition coefficient (Wildman–Crippen LogP) is 2.79.